The van der Waals surface area contributed by atoms with Crippen LogP contribution in [0.4, 0.5) is 8.78 Å². The number of carboxylic acid groups (broad SMARTS) is 2. The maximum Gasteiger partial charge on any atom is 0.336 e. The number of carbonyl (C=O) groups is 4. The molecular weight excluding hydrogens is 789 g/mol. The molecule has 58 heavy (non-hydrogen) atoms. The first-order valence-electron chi connectivity index (χ1n) is 18.6. The molecule has 304 valence electrons. The molecule has 0 radical (unpaired) electrons. The van der Waals surface area contributed by atoms with E-state index in [1.165, 1.54) is 60.7 Å². The normalized spacial score (nSPS) is 17.6. The average Bonchev–Trinajstić information content (AvgIpc) is 3.18. The number of carboxylic acids is 2. The van der Waals surface area contributed by atoms with Crippen molar-refractivity contribution < 1.29 is 38.2 Å². The van der Waals surface area contributed by atoms with Crippen LogP contribution < -0.4 is 0 Å². The zero-order valence-electron chi connectivity index (χ0n) is 32.0. The van der Waals surface area contributed by atoms with Gasteiger partial charge in [-0.15, -0.1) is 0 Å². The molecule has 2 fully saturated rings. The Morgan fingerprint density at radius 1 is 0.603 bits per heavy atom. The van der Waals surface area contributed by atoms with Gasteiger partial charge in [-0.3, -0.25) is 19.4 Å². The van der Waals surface area contributed by atoms with Crippen LogP contribution in [-0.4, -0.2) is 105 Å². The molecule has 0 aromatic heterocycles. The van der Waals surface area contributed by atoms with E-state index >= 15 is 0 Å². The lowest BCUT2D eigenvalue weighted by Crippen LogP contribution is -2.53. The number of hydrogen-bond acceptors (Lipinski definition) is 6. The van der Waals surface area contributed by atoms with Gasteiger partial charge in [0, 0.05) is 86.6 Å². The fraction of sp³-hybridized carbons (Fsp3) is 0.273. The molecule has 2 aliphatic heterocycles. The van der Waals surface area contributed by atoms with Gasteiger partial charge in [0.2, 0.25) is 11.8 Å². The third kappa shape index (κ3) is 12.3. The largest absolute Gasteiger partial charge is 0.478 e. The summed E-state index contributed by atoms with van der Waals surface area (Å²) in [6.45, 7) is 9.34. The number of benzene rings is 4. The highest BCUT2D eigenvalue weighted by Gasteiger charge is 2.27. The average molecular weight is 834 g/mol. The minimum Gasteiger partial charge on any atom is -0.478 e. The van der Waals surface area contributed by atoms with Gasteiger partial charge in [0.15, 0.2) is 0 Å². The lowest BCUT2D eigenvalue weighted by atomic mass is 10.1. The van der Waals surface area contributed by atoms with Crippen molar-refractivity contribution in [1.29, 1.82) is 0 Å². The number of aromatic carboxylic acids is 2. The van der Waals surface area contributed by atoms with Gasteiger partial charge in [-0.25, -0.2) is 18.4 Å². The van der Waals surface area contributed by atoms with E-state index in [4.69, 9.17) is 23.2 Å². The summed E-state index contributed by atoms with van der Waals surface area (Å²) in [5, 5.41) is 19.3. The van der Waals surface area contributed by atoms with Crippen LogP contribution in [0.2, 0.25) is 10.0 Å². The zero-order valence-corrected chi connectivity index (χ0v) is 33.5. The number of nitrogens with zero attached hydrogens (tertiary/aromatic N) is 4. The molecule has 10 nitrogen and oxygen atoms in total. The molecular formula is C44H44Cl2F2N4O6. The predicted molar refractivity (Wildman–Crippen MR) is 221 cm³/mol. The third-order valence-corrected chi connectivity index (χ3v) is 10.4. The summed E-state index contributed by atoms with van der Waals surface area (Å²) in [6, 6.07) is 22.0. The van der Waals surface area contributed by atoms with Crippen molar-refractivity contribution in [2.24, 2.45) is 0 Å². The molecule has 2 amide bonds. The van der Waals surface area contributed by atoms with Crippen molar-refractivity contribution in [3.05, 3.63) is 152 Å². The van der Waals surface area contributed by atoms with Crippen molar-refractivity contribution in [3.8, 4) is 0 Å². The van der Waals surface area contributed by atoms with E-state index < -0.39 is 11.9 Å². The molecule has 0 aliphatic carbocycles. The number of carbonyl (C=O) groups excluding carboxylic acids is 2. The van der Waals surface area contributed by atoms with Crippen LogP contribution in [0.5, 0.6) is 0 Å². The molecule has 0 spiro atoms. The molecule has 4 aromatic rings. The van der Waals surface area contributed by atoms with E-state index in [-0.39, 0.29) is 46.7 Å². The lowest BCUT2D eigenvalue weighted by molar-refractivity contribution is -0.131. The van der Waals surface area contributed by atoms with Crippen LogP contribution in [0.15, 0.2) is 97.1 Å². The number of hydrogen-bond donors (Lipinski definition) is 2. The summed E-state index contributed by atoms with van der Waals surface area (Å²) >= 11 is 11.7. The second-order valence-electron chi connectivity index (χ2n) is 14.2. The highest BCUT2D eigenvalue weighted by atomic mass is 35.5. The monoisotopic (exact) mass is 832 g/mol. The van der Waals surface area contributed by atoms with Crippen molar-refractivity contribution in [2.75, 3.05) is 39.3 Å². The van der Waals surface area contributed by atoms with Crippen LogP contribution in [0.3, 0.4) is 0 Å². The highest BCUT2D eigenvalue weighted by Crippen LogP contribution is 2.21. The van der Waals surface area contributed by atoms with E-state index in [1.807, 2.05) is 13.8 Å². The van der Waals surface area contributed by atoms with Crippen LogP contribution in [0.1, 0.15) is 56.8 Å². The number of rotatable bonds is 10. The first-order valence-corrected chi connectivity index (χ1v) is 19.4. The standard InChI is InChI=1S/2C22H22ClFN2O3/c2*1-15-13-25(14-16-2-7-19(24)8-3-16)10-11-26(15)21(27)9-5-17-4-6-18(23)12-20(17)22(28)29/h2*2-9,12,15H,10-11,13-14H2,1H3,(H,28,29)/b2*9-5+/t15-;/m1./s1. The van der Waals surface area contributed by atoms with Gasteiger partial charge in [-0.05, 0) is 96.8 Å². The Kier molecular flexibility index (Phi) is 15.3. The van der Waals surface area contributed by atoms with Gasteiger partial charge in [0.05, 0.1) is 11.1 Å². The van der Waals surface area contributed by atoms with Crippen LogP contribution in [-0.2, 0) is 22.7 Å². The highest BCUT2D eigenvalue weighted by molar-refractivity contribution is 6.31. The maximum atomic E-state index is 13.0. The summed E-state index contributed by atoms with van der Waals surface area (Å²) < 4.78 is 26.1. The smallest absolute Gasteiger partial charge is 0.336 e. The Hall–Kier alpha value is -5.40. The molecule has 4 aromatic carbocycles. The van der Waals surface area contributed by atoms with Crippen LogP contribution >= 0.6 is 23.2 Å². The first-order chi connectivity index (χ1) is 27.7. The molecule has 0 saturated carbocycles. The minimum atomic E-state index is -1.10. The maximum absolute atomic E-state index is 13.0. The van der Waals surface area contributed by atoms with Crippen molar-refractivity contribution >= 4 is 59.1 Å². The SMILES string of the molecule is CC1CN(Cc2ccc(F)cc2)CCN1C(=O)/C=C/c1ccc(Cl)cc1C(=O)O.C[C@@H]1CN(Cc2ccc(F)cc2)CCN1C(=O)/C=C/c1ccc(Cl)cc1C(=O)O. The quantitative estimate of drug-likeness (QED) is 0.155. The van der Waals surface area contributed by atoms with Gasteiger partial charge in [0.1, 0.15) is 11.6 Å². The second-order valence-corrected chi connectivity index (χ2v) is 15.1. The van der Waals surface area contributed by atoms with Gasteiger partial charge >= 0.3 is 11.9 Å². The first kappa shape index (κ1) is 43.7. The molecule has 2 N–H and O–H groups in total. The van der Waals surface area contributed by atoms with Gasteiger partial charge in [0.25, 0.3) is 0 Å². The van der Waals surface area contributed by atoms with Crippen molar-refractivity contribution in [1.82, 2.24) is 19.6 Å². The van der Waals surface area contributed by atoms with Gasteiger partial charge in [-0.1, -0.05) is 59.6 Å². The number of halogens is 4. The summed E-state index contributed by atoms with van der Waals surface area (Å²) in [7, 11) is 0. The Morgan fingerprint density at radius 2 is 0.966 bits per heavy atom. The second kappa shape index (κ2) is 20.3. The van der Waals surface area contributed by atoms with E-state index in [0.29, 0.717) is 73.5 Å². The predicted octanol–water partition coefficient (Wildman–Crippen LogP) is 7.85. The molecule has 2 heterocycles. The summed E-state index contributed by atoms with van der Waals surface area (Å²) in [6.07, 6.45) is 5.84. The number of amides is 2. The fourth-order valence-electron chi connectivity index (χ4n) is 6.94. The summed E-state index contributed by atoms with van der Waals surface area (Å²) in [5.74, 6) is -3.02. The van der Waals surface area contributed by atoms with Crippen LogP contribution in [0, 0.1) is 11.6 Å². The lowest BCUT2D eigenvalue weighted by Gasteiger charge is -2.39. The Balaban J connectivity index is 0.000000221. The zero-order chi connectivity index (χ0) is 41.9. The summed E-state index contributed by atoms with van der Waals surface area (Å²) in [5.41, 5.74) is 3.03. The van der Waals surface area contributed by atoms with E-state index in [1.54, 1.807) is 58.3 Å². The molecule has 0 bridgehead atoms. The van der Waals surface area contributed by atoms with E-state index in [0.717, 1.165) is 11.1 Å². The number of piperazine rings is 2. The molecule has 2 atom stereocenters. The van der Waals surface area contributed by atoms with E-state index in [9.17, 15) is 38.2 Å². The Labute approximate surface area is 346 Å². The van der Waals surface area contributed by atoms with Gasteiger partial charge in [-0.2, -0.15) is 0 Å². The topological polar surface area (TPSA) is 122 Å². The van der Waals surface area contributed by atoms with Crippen molar-refractivity contribution in [3.63, 3.8) is 0 Å². The Morgan fingerprint density at radius 3 is 1.29 bits per heavy atom. The molecule has 2 aliphatic rings. The Bertz CT molecular complexity index is 2010. The molecule has 14 heteroatoms. The van der Waals surface area contributed by atoms with Gasteiger partial charge < -0.3 is 20.0 Å². The fourth-order valence-corrected chi connectivity index (χ4v) is 7.28. The van der Waals surface area contributed by atoms with E-state index in [2.05, 4.69) is 9.80 Å². The third-order valence-electron chi connectivity index (χ3n) is 9.93. The molecule has 6 rings (SSSR count). The molecule has 1 unspecified atom stereocenters. The minimum absolute atomic E-state index is 0.00510. The summed E-state index contributed by atoms with van der Waals surface area (Å²) in [4.78, 5) is 56.0. The molecule has 2 saturated heterocycles. The van der Waals surface area contributed by atoms with Crippen molar-refractivity contribution in [2.45, 2.75) is 39.0 Å². The van der Waals surface area contributed by atoms with Crippen LogP contribution in [0.25, 0.3) is 12.2 Å².